The van der Waals surface area contributed by atoms with Gasteiger partial charge in [-0.25, -0.2) is 8.42 Å². The van der Waals surface area contributed by atoms with Crippen LogP contribution in [0.15, 0.2) is 53.4 Å². The molecule has 3 aromatic rings. The van der Waals surface area contributed by atoms with E-state index >= 15 is 0 Å². The maximum Gasteiger partial charge on any atom is 0.243 e. The number of tetrazole rings is 1. The van der Waals surface area contributed by atoms with E-state index in [4.69, 9.17) is 4.74 Å². The van der Waals surface area contributed by atoms with Crippen molar-refractivity contribution in [1.82, 2.24) is 25.5 Å². The zero-order chi connectivity index (χ0) is 20.1. The lowest BCUT2D eigenvalue weighted by Crippen LogP contribution is -2.28. The van der Waals surface area contributed by atoms with Crippen LogP contribution in [0.5, 0.6) is 5.75 Å². The van der Waals surface area contributed by atoms with Gasteiger partial charge in [0.1, 0.15) is 12.3 Å². The lowest BCUT2D eigenvalue weighted by molar-refractivity contribution is -0.122. The Morgan fingerprint density at radius 3 is 2.39 bits per heavy atom. The molecule has 0 aliphatic rings. The van der Waals surface area contributed by atoms with E-state index in [-0.39, 0.29) is 17.3 Å². The van der Waals surface area contributed by atoms with Crippen molar-refractivity contribution in [2.75, 3.05) is 13.4 Å². The Morgan fingerprint density at radius 2 is 1.79 bits per heavy atom. The number of aromatic nitrogens is 4. The van der Waals surface area contributed by atoms with Crippen LogP contribution < -0.4 is 10.1 Å². The van der Waals surface area contributed by atoms with Crippen LogP contribution in [0.3, 0.4) is 0 Å². The average molecular weight is 401 g/mol. The summed E-state index contributed by atoms with van der Waals surface area (Å²) in [6.07, 6.45) is 1.14. The summed E-state index contributed by atoms with van der Waals surface area (Å²) >= 11 is 0. The van der Waals surface area contributed by atoms with Crippen LogP contribution in [0.1, 0.15) is 5.56 Å². The summed E-state index contributed by atoms with van der Waals surface area (Å²) in [6, 6.07) is 13.5. The summed E-state index contributed by atoms with van der Waals surface area (Å²) in [5.74, 6) is 0.800. The lowest BCUT2D eigenvalue weighted by Gasteiger charge is -2.05. The molecule has 10 heteroatoms. The molecule has 0 bridgehead atoms. The van der Waals surface area contributed by atoms with E-state index in [0.717, 1.165) is 17.6 Å². The quantitative estimate of drug-likeness (QED) is 0.629. The maximum atomic E-state index is 12.1. The molecule has 0 unspecified atom stereocenters. The van der Waals surface area contributed by atoms with Gasteiger partial charge < -0.3 is 10.1 Å². The monoisotopic (exact) mass is 401 g/mol. The summed E-state index contributed by atoms with van der Waals surface area (Å²) in [5, 5.41) is 14.7. The van der Waals surface area contributed by atoms with Gasteiger partial charge in [-0.3, -0.25) is 4.79 Å². The first-order valence-electron chi connectivity index (χ1n) is 8.33. The fourth-order valence-corrected chi connectivity index (χ4v) is 3.04. The second kappa shape index (κ2) is 8.17. The zero-order valence-corrected chi connectivity index (χ0v) is 16.2. The van der Waals surface area contributed by atoms with E-state index in [1.165, 1.54) is 16.9 Å². The summed E-state index contributed by atoms with van der Waals surface area (Å²) in [6.45, 7) is 0.294. The van der Waals surface area contributed by atoms with Gasteiger partial charge in [-0.2, -0.15) is 4.80 Å². The number of amides is 1. The number of nitrogens with one attached hydrogen (secondary N) is 1. The molecule has 0 fully saturated rings. The number of nitrogens with zero attached hydrogens (tertiary/aromatic N) is 4. The summed E-state index contributed by atoms with van der Waals surface area (Å²) < 4.78 is 28.1. The molecule has 1 N–H and O–H groups in total. The number of carbonyl (C=O) groups is 1. The predicted octanol–water partition coefficient (Wildman–Crippen LogP) is 1.07. The van der Waals surface area contributed by atoms with Crippen LogP contribution in [0.2, 0.25) is 0 Å². The molecular weight excluding hydrogens is 382 g/mol. The standard InChI is InChI=1S/C18H19N5O4S/c1-27-15-7-3-13(4-8-15)11-19-17(24)12-23-21-18(20-22-23)14-5-9-16(10-6-14)28(2,25)26/h3-10H,11-12H2,1-2H3,(H,19,24). The normalized spacial score (nSPS) is 11.2. The molecule has 0 atom stereocenters. The number of hydrogen-bond donors (Lipinski definition) is 1. The van der Waals surface area contributed by atoms with E-state index in [1.807, 2.05) is 24.3 Å². The molecule has 0 aliphatic heterocycles. The van der Waals surface area contributed by atoms with Gasteiger partial charge in [-0.05, 0) is 47.2 Å². The molecule has 2 aromatic carbocycles. The van der Waals surface area contributed by atoms with Gasteiger partial charge in [-0.15, -0.1) is 10.2 Å². The fraction of sp³-hybridized carbons (Fsp3) is 0.222. The van der Waals surface area contributed by atoms with Crippen molar-refractivity contribution in [2.45, 2.75) is 18.0 Å². The van der Waals surface area contributed by atoms with Crippen LogP contribution >= 0.6 is 0 Å². The average Bonchev–Trinajstić information content (AvgIpc) is 3.14. The largest absolute Gasteiger partial charge is 0.497 e. The number of sulfone groups is 1. The van der Waals surface area contributed by atoms with Crippen LogP contribution in [-0.4, -0.2) is 47.9 Å². The van der Waals surface area contributed by atoms with Crippen molar-refractivity contribution >= 4 is 15.7 Å². The summed E-state index contributed by atoms with van der Waals surface area (Å²) in [7, 11) is -1.67. The Labute approximate surface area is 162 Å². The van der Waals surface area contributed by atoms with E-state index in [9.17, 15) is 13.2 Å². The number of methoxy groups -OCH3 is 1. The predicted molar refractivity (Wildman–Crippen MR) is 101 cm³/mol. The molecule has 3 rings (SSSR count). The topological polar surface area (TPSA) is 116 Å². The number of benzene rings is 2. The van der Waals surface area contributed by atoms with Crippen molar-refractivity contribution in [3.05, 3.63) is 54.1 Å². The van der Waals surface area contributed by atoms with Gasteiger partial charge in [0, 0.05) is 18.4 Å². The maximum absolute atomic E-state index is 12.1. The molecule has 0 saturated carbocycles. The van der Waals surface area contributed by atoms with Crippen molar-refractivity contribution in [3.63, 3.8) is 0 Å². The van der Waals surface area contributed by atoms with Crippen LogP contribution in [0.4, 0.5) is 0 Å². The highest BCUT2D eigenvalue weighted by molar-refractivity contribution is 7.90. The van der Waals surface area contributed by atoms with Gasteiger partial charge in [0.15, 0.2) is 9.84 Å². The van der Waals surface area contributed by atoms with Gasteiger partial charge in [0.05, 0.1) is 12.0 Å². The first-order valence-corrected chi connectivity index (χ1v) is 10.2. The highest BCUT2D eigenvalue weighted by atomic mass is 32.2. The fourth-order valence-electron chi connectivity index (χ4n) is 2.41. The number of ether oxygens (including phenoxy) is 1. The first-order chi connectivity index (χ1) is 13.3. The molecular formula is C18H19N5O4S. The highest BCUT2D eigenvalue weighted by Gasteiger charge is 2.11. The Hall–Kier alpha value is -3.27. The van der Waals surface area contributed by atoms with Gasteiger partial charge in [-0.1, -0.05) is 12.1 Å². The third-order valence-electron chi connectivity index (χ3n) is 3.93. The number of rotatable bonds is 7. The SMILES string of the molecule is COc1ccc(CNC(=O)Cn2nnc(-c3ccc(S(C)(=O)=O)cc3)n2)cc1. The van der Waals surface area contributed by atoms with Gasteiger partial charge in [0.2, 0.25) is 11.7 Å². The third kappa shape index (κ3) is 4.92. The van der Waals surface area contributed by atoms with Crippen molar-refractivity contribution in [3.8, 4) is 17.1 Å². The van der Waals surface area contributed by atoms with Crippen molar-refractivity contribution in [2.24, 2.45) is 0 Å². The molecule has 0 aliphatic carbocycles. The molecule has 28 heavy (non-hydrogen) atoms. The van der Waals surface area contributed by atoms with E-state index < -0.39 is 9.84 Å². The number of carbonyl (C=O) groups excluding carboxylic acids is 1. The Bertz CT molecular complexity index is 1060. The molecule has 0 spiro atoms. The zero-order valence-electron chi connectivity index (χ0n) is 15.4. The molecule has 0 saturated heterocycles. The molecule has 1 heterocycles. The van der Waals surface area contributed by atoms with Crippen LogP contribution in [0.25, 0.3) is 11.4 Å². The lowest BCUT2D eigenvalue weighted by atomic mass is 10.2. The minimum absolute atomic E-state index is 0.0788. The molecule has 1 aromatic heterocycles. The Balaban J connectivity index is 1.58. The second-order valence-corrected chi connectivity index (χ2v) is 8.08. The number of hydrogen-bond acceptors (Lipinski definition) is 7. The van der Waals surface area contributed by atoms with E-state index in [2.05, 4.69) is 20.7 Å². The molecule has 0 radical (unpaired) electrons. The molecule has 146 valence electrons. The molecule has 9 nitrogen and oxygen atoms in total. The minimum Gasteiger partial charge on any atom is -0.497 e. The van der Waals surface area contributed by atoms with Crippen molar-refractivity contribution in [1.29, 1.82) is 0 Å². The van der Waals surface area contributed by atoms with Crippen LogP contribution in [-0.2, 0) is 27.7 Å². The second-order valence-electron chi connectivity index (χ2n) is 6.06. The van der Waals surface area contributed by atoms with Crippen LogP contribution in [0, 0.1) is 0 Å². The first kappa shape index (κ1) is 19.5. The van der Waals surface area contributed by atoms with E-state index in [0.29, 0.717) is 17.9 Å². The highest BCUT2D eigenvalue weighted by Crippen LogP contribution is 2.17. The Morgan fingerprint density at radius 1 is 1.11 bits per heavy atom. The van der Waals surface area contributed by atoms with Crippen molar-refractivity contribution < 1.29 is 17.9 Å². The molecule has 1 amide bonds. The van der Waals surface area contributed by atoms with Gasteiger partial charge in [0.25, 0.3) is 0 Å². The summed E-state index contributed by atoms with van der Waals surface area (Å²) in [5.41, 5.74) is 1.55. The smallest absolute Gasteiger partial charge is 0.243 e. The summed E-state index contributed by atoms with van der Waals surface area (Å²) in [4.78, 5) is 13.5. The third-order valence-corrected chi connectivity index (χ3v) is 5.06. The van der Waals surface area contributed by atoms with Gasteiger partial charge >= 0.3 is 0 Å². The Kier molecular flexibility index (Phi) is 5.69. The minimum atomic E-state index is -3.27. The van der Waals surface area contributed by atoms with E-state index in [1.54, 1.807) is 19.2 Å².